The molecule has 3 nitrogen and oxygen atoms in total. The molecular formula is C21H23NO2. The summed E-state index contributed by atoms with van der Waals surface area (Å²) in [6.07, 6.45) is 0. The molecule has 3 aromatic rings. The summed E-state index contributed by atoms with van der Waals surface area (Å²) in [6.45, 7) is 5.57. The van der Waals surface area contributed by atoms with E-state index in [1.54, 1.807) is 0 Å². The summed E-state index contributed by atoms with van der Waals surface area (Å²) in [6, 6.07) is 18.4. The molecule has 3 aromatic carbocycles. The summed E-state index contributed by atoms with van der Waals surface area (Å²) in [5, 5.41) is 2.32. The number of rotatable bonds is 6. The largest absolute Gasteiger partial charge is 0.490 e. The van der Waals surface area contributed by atoms with Crippen molar-refractivity contribution < 1.29 is 9.47 Å². The quantitative estimate of drug-likeness (QED) is 0.686. The van der Waals surface area contributed by atoms with Crippen molar-refractivity contribution in [1.29, 1.82) is 0 Å². The maximum absolute atomic E-state index is 5.93. The van der Waals surface area contributed by atoms with Crippen molar-refractivity contribution in [1.82, 2.24) is 0 Å². The van der Waals surface area contributed by atoms with Gasteiger partial charge in [0, 0.05) is 12.1 Å². The summed E-state index contributed by atoms with van der Waals surface area (Å²) < 4.78 is 11.7. The van der Waals surface area contributed by atoms with Crippen molar-refractivity contribution in [2.45, 2.75) is 20.4 Å². The van der Waals surface area contributed by atoms with Crippen LogP contribution >= 0.6 is 0 Å². The number of benzene rings is 3. The summed E-state index contributed by atoms with van der Waals surface area (Å²) in [4.78, 5) is 0. The topological polar surface area (TPSA) is 44.5 Å². The number of ether oxygens (including phenoxy) is 2. The van der Waals surface area contributed by atoms with Crippen LogP contribution in [0.15, 0.2) is 54.6 Å². The standard InChI is InChI=1S/C21H23NO2/c1-15-7-9-20(16(2)13-15)23-11-12-24-21-10-8-17-5-3-4-6-18(17)19(21)14-22/h3-10,13H,11-12,14,22H2,1-2H3. The summed E-state index contributed by atoms with van der Waals surface area (Å²) >= 11 is 0. The molecule has 124 valence electrons. The number of hydrogen-bond acceptors (Lipinski definition) is 3. The molecular weight excluding hydrogens is 298 g/mol. The van der Waals surface area contributed by atoms with Gasteiger partial charge in [-0.25, -0.2) is 0 Å². The lowest BCUT2D eigenvalue weighted by Crippen LogP contribution is -2.11. The lowest BCUT2D eigenvalue weighted by molar-refractivity contribution is 0.215. The maximum Gasteiger partial charge on any atom is 0.124 e. The summed E-state index contributed by atoms with van der Waals surface area (Å²) in [5.41, 5.74) is 9.35. The Hall–Kier alpha value is -2.52. The predicted molar refractivity (Wildman–Crippen MR) is 98.7 cm³/mol. The molecule has 0 aliphatic carbocycles. The SMILES string of the molecule is Cc1ccc(OCCOc2ccc3ccccc3c2CN)c(C)c1. The lowest BCUT2D eigenvalue weighted by Gasteiger charge is -2.14. The van der Waals surface area contributed by atoms with E-state index in [1.165, 1.54) is 10.9 Å². The zero-order valence-corrected chi connectivity index (χ0v) is 14.2. The van der Waals surface area contributed by atoms with Gasteiger partial charge in [-0.2, -0.15) is 0 Å². The van der Waals surface area contributed by atoms with Gasteiger partial charge in [-0.15, -0.1) is 0 Å². The average Bonchev–Trinajstić information content (AvgIpc) is 2.59. The molecule has 0 saturated carbocycles. The van der Waals surface area contributed by atoms with Gasteiger partial charge in [0.1, 0.15) is 24.7 Å². The normalized spacial score (nSPS) is 10.8. The first kappa shape index (κ1) is 16.3. The van der Waals surface area contributed by atoms with Gasteiger partial charge in [-0.3, -0.25) is 0 Å². The average molecular weight is 321 g/mol. The van der Waals surface area contributed by atoms with Crippen LogP contribution in [0.2, 0.25) is 0 Å². The van der Waals surface area contributed by atoms with Crippen LogP contribution in [0.3, 0.4) is 0 Å². The van der Waals surface area contributed by atoms with Crippen molar-refractivity contribution in [2.24, 2.45) is 5.73 Å². The maximum atomic E-state index is 5.93. The molecule has 0 bridgehead atoms. The first-order chi connectivity index (χ1) is 11.7. The van der Waals surface area contributed by atoms with E-state index in [-0.39, 0.29) is 0 Å². The van der Waals surface area contributed by atoms with Crippen LogP contribution in [0.25, 0.3) is 10.8 Å². The molecule has 0 atom stereocenters. The van der Waals surface area contributed by atoms with E-state index in [1.807, 2.05) is 24.3 Å². The van der Waals surface area contributed by atoms with E-state index in [0.29, 0.717) is 19.8 Å². The first-order valence-corrected chi connectivity index (χ1v) is 8.22. The molecule has 3 rings (SSSR count). The van der Waals surface area contributed by atoms with Gasteiger partial charge in [0.15, 0.2) is 0 Å². The minimum absolute atomic E-state index is 0.453. The van der Waals surface area contributed by atoms with Crippen LogP contribution < -0.4 is 15.2 Å². The minimum Gasteiger partial charge on any atom is -0.490 e. The van der Waals surface area contributed by atoms with E-state index in [9.17, 15) is 0 Å². The Morgan fingerprint density at radius 3 is 2.29 bits per heavy atom. The van der Waals surface area contributed by atoms with Crippen LogP contribution in [0.5, 0.6) is 11.5 Å². The van der Waals surface area contributed by atoms with Gasteiger partial charge < -0.3 is 15.2 Å². The zero-order chi connectivity index (χ0) is 16.9. The monoisotopic (exact) mass is 321 g/mol. The Morgan fingerprint density at radius 1 is 0.833 bits per heavy atom. The molecule has 0 heterocycles. The van der Waals surface area contributed by atoms with Gasteiger partial charge in [0.25, 0.3) is 0 Å². The summed E-state index contributed by atoms with van der Waals surface area (Å²) in [5.74, 6) is 1.74. The second kappa shape index (κ2) is 7.37. The fourth-order valence-corrected chi connectivity index (χ4v) is 2.93. The van der Waals surface area contributed by atoms with Crippen molar-refractivity contribution in [3.05, 3.63) is 71.3 Å². The Balaban J connectivity index is 1.65. The second-order valence-electron chi connectivity index (χ2n) is 5.93. The van der Waals surface area contributed by atoms with Crippen LogP contribution in [-0.2, 0) is 6.54 Å². The molecule has 0 saturated heterocycles. The molecule has 0 amide bonds. The van der Waals surface area contributed by atoms with E-state index in [2.05, 4.69) is 44.2 Å². The summed E-state index contributed by atoms with van der Waals surface area (Å²) in [7, 11) is 0. The van der Waals surface area contributed by atoms with Crippen LogP contribution in [0.4, 0.5) is 0 Å². The van der Waals surface area contributed by atoms with Gasteiger partial charge >= 0.3 is 0 Å². The zero-order valence-electron chi connectivity index (χ0n) is 14.2. The van der Waals surface area contributed by atoms with Crippen LogP contribution in [0.1, 0.15) is 16.7 Å². The molecule has 0 radical (unpaired) electrons. The fraction of sp³-hybridized carbons (Fsp3) is 0.238. The van der Waals surface area contributed by atoms with E-state index in [0.717, 1.165) is 28.0 Å². The molecule has 2 N–H and O–H groups in total. The van der Waals surface area contributed by atoms with Gasteiger partial charge in [-0.05, 0) is 42.3 Å². The van der Waals surface area contributed by atoms with E-state index < -0.39 is 0 Å². The van der Waals surface area contributed by atoms with Crippen molar-refractivity contribution in [2.75, 3.05) is 13.2 Å². The smallest absolute Gasteiger partial charge is 0.124 e. The Morgan fingerprint density at radius 2 is 1.54 bits per heavy atom. The van der Waals surface area contributed by atoms with Gasteiger partial charge in [0.05, 0.1) is 0 Å². The molecule has 0 spiro atoms. The Bertz CT molecular complexity index is 842. The highest BCUT2D eigenvalue weighted by atomic mass is 16.5. The van der Waals surface area contributed by atoms with Crippen molar-refractivity contribution >= 4 is 10.8 Å². The number of hydrogen-bond donors (Lipinski definition) is 1. The van der Waals surface area contributed by atoms with Gasteiger partial charge in [0.2, 0.25) is 0 Å². The highest BCUT2D eigenvalue weighted by Crippen LogP contribution is 2.27. The fourth-order valence-electron chi connectivity index (χ4n) is 2.93. The van der Waals surface area contributed by atoms with Crippen molar-refractivity contribution in [3.8, 4) is 11.5 Å². The predicted octanol–water partition coefficient (Wildman–Crippen LogP) is 4.37. The third-order valence-electron chi connectivity index (χ3n) is 4.13. The molecule has 24 heavy (non-hydrogen) atoms. The number of fused-ring (bicyclic) bond motifs is 1. The van der Waals surface area contributed by atoms with Crippen LogP contribution in [-0.4, -0.2) is 13.2 Å². The molecule has 0 fully saturated rings. The van der Waals surface area contributed by atoms with Crippen LogP contribution in [0, 0.1) is 13.8 Å². The minimum atomic E-state index is 0.453. The first-order valence-electron chi connectivity index (χ1n) is 8.22. The van der Waals surface area contributed by atoms with Crippen molar-refractivity contribution in [3.63, 3.8) is 0 Å². The number of nitrogens with two attached hydrogens (primary N) is 1. The molecule has 0 aromatic heterocycles. The Labute approximate surface area is 143 Å². The van der Waals surface area contributed by atoms with Gasteiger partial charge in [-0.1, -0.05) is 48.0 Å². The molecule has 0 unspecified atom stereocenters. The molecule has 0 aliphatic rings. The molecule has 0 aliphatic heterocycles. The van der Waals surface area contributed by atoms with E-state index in [4.69, 9.17) is 15.2 Å². The third-order valence-corrected chi connectivity index (χ3v) is 4.13. The van der Waals surface area contributed by atoms with E-state index >= 15 is 0 Å². The second-order valence-corrected chi connectivity index (χ2v) is 5.93. The lowest BCUT2D eigenvalue weighted by atomic mass is 10.0. The molecule has 3 heteroatoms. The highest BCUT2D eigenvalue weighted by Gasteiger charge is 2.07. The highest BCUT2D eigenvalue weighted by molar-refractivity contribution is 5.87. The number of aryl methyl sites for hydroxylation is 2. The Kier molecular flexibility index (Phi) is 5.02. The third kappa shape index (κ3) is 3.52.